The number of halogens is 1. The van der Waals surface area contributed by atoms with E-state index in [0.29, 0.717) is 0 Å². The highest BCUT2D eigenvalue weighted by Crippen LogP contribution is 2.21. The fraction of sp³-hybridized carbons (Fsp3) is 0.375. The summed E-state index contributed by atoms with van der Waals surface area (Å²) in [5, 5.41) is 3.32. The van der Waals surface area contributed by atoms with Crippen LogP contribution in [0.15, 0.2) is 41.1 Å². The summed E-state index contributed by atoms with van der Waals surface area (Å²) in [5.41, 5.74) is 1.01. The molecule has 0 saturated heterocycles. The maximum absolute atomic E-state index is 4.40. The van der Waals surface area contributed by atoms with Crippen LogP contribution in [-0.2, 0) is 0 Å². The molecule has 5 heteroatoms. The number of hydrogen-bond donors (Lipinski definition) is 1. The summed E-state index contributed by atoms with van der Waals surface area (Å²) in [4.78, 5) is 11.0. The quantitative estimate of drug-likeness (QED) is 0.793. The Hall–Kier alpha value is -1.62. The van der Waals surface area contributed by atoms with Gasteiger partial charge in [-0.1, -0.05) is 35.8 Å². The Bertz CT molecular complexity index is 568. The molecule has 0 fully saturated rings. The number of anilines is 3. The first-order valence-corrected chi connectivity index (χ1v) is 8.11. The smallest absolute Gasteiger partial charge is 0.135 e. The molecule has 0 unspecified atom stereocenters. The van der Waals surface area contributed by atoms with Crippen LogP contribution in [0.3, 0.4) is 0 Å². The highest BCUT2D eigenvalue weighted by atomic mass is 79.9. The van der Waals surface area contributed by atoms with Crippen molar-refractivity contribution in [2.24, 2.45) is 0 Å². The second-order valence-electron chi connectivity index (χ2n) is 4.88. The molecule has 1 N–H and O–H groups in total. The van der Waals surface area contributed by atoms with Crippen molar-refractivity contribution in [3.05, 3.63) is 41.1 Å². The van der Waals surface area contributed by atoms with Crippen molar-refractivity contribution in [3.63, 3.8) is 0 Å². The van der Waals surface area contributed by atoms with E-state index in [2.05, 4.69) is 50.0 Å². The van der Waals surface area contributed by atoms with Crippen molar-refractivity contribution in [2.75, 3.05) is 23.3 Å². The Kier molecular flexibility index (Phi) is 5.99. The predicted molar refractivity (Wildman–Crippen MR) is 92.3 cm³/mol. The van der Waals surface area contributed by atoms with Gasteiger partial charge >= 0.3 is 0 Å². The van der Waals surface area contributed by atoms with Crippen LogP contribution in [0.4, 0.5) is 17.3 Å². The van der Waals surface area contributed by atoms with Crippen LogP contribution in [0.1, 0.15) is 26.7 Å². The lowest BCUT2D eigenvalue weighted by Gasteiger charge is -2.22. The van der Waals surface area contributed by atoms with E-state index in [4.69, 9.17) is 0 Å². The summed E-state index contributed by atoms with van der Waals surface area (Å²) in [7, 11) is 0. The number of aromatic nitrogens is 2. The molecule has 0 radical (unpaired) electrons. The largest absolute Gasteiger partial charge is 0.356 e. The fourth-order valence-corrected chi connectivity index (χ4v) is 2.58. The molecular weight excluding hydrogens is 328 g/mol. The molecule has 21 heavy (non-hydrogen) atoms. The Morgan fingerprint density at radius 1 is 1.10 bits per heavy atom. The zero-order valence-corrected chi connectivity index (χ0v) is 14.1. The third-order valence-corrected chi connectivity index (χ3v) is 3.55. The van der Waals surface area contributed by atoms with Crippen LogP contribution < -0.4 is 10.2 Å². The summed E-state index contributed by atoms with van der Waals surface area (Å²) in [6.45, 7) is 6.40. The summed E-state index contributed by atoms with van der Waals surface area (Å²) >= 11 is 3.47. The van der Waals surface area contributed by atoms with Crippen molar-refractivity contribution in [3.8, 4) is 0 Å². The SMILES string of the molecule is CCCN(CCC)c1cc(Nc2cccc(Br)c2)ncn1. The fourth-order valence-electron chi connectivity index (χ4n) is 2.18. The molecular formula is C16H21BrN4. The molecule has 2 aromatic rings. The van der Waals surface area contributed by atoms with Gasteiger partial charge in [0, 0.05) is 29.3 Å². The molecule has 0 atom stereocenters. The molecule has 0 aliphatic heterocycles. The maximum Gasteiger partial charge on any atom is 0.135 e. The monoisotopic (exact) mass is 348 g/mol. The summed E-state index contributed by atoms with van der Waals surface area (Å²) in [5.74, 6) is 1.79. The number of rotatable bonds is 7. The topological polar surface area (TPSA) is 41.0 Å². The maximum atomic E-state index is 4.40. The van der Waals surface area contributed by atoms with E-state index in [-0.39, 0.29) is 0 Å². The number of benzene rings is 1. The van der Waals surface area contributed by atoms with Crippen LogP contribution in [-0.4, -0.2) is 23.1 Å². The molecule has 0 aliphatic carbocycles. The van der Waals surface area contributed by atoms with Crippen molar-refractivity contribution in [2.45, 2.75) is 26.7 Å². The highest BCUT2D eigenvalue weighted by Gasteiger charge is 2.07. The van der Waals surface area contributed by atoms with E-state index in [9.17, 15) is 0 Å². The number of hydrogen-bond acceptors (Lipinski definition) is 4. The van der Waals surface area contributed by atoms with Crippen LogP contribution in [0.2, 0.25) is 0 Å². The van der Waals surface area contributed by atoms with Gasteiger partial charge in [-0.3, -0.25) is 0 Å². The first kappa shape index (κ1) is 15.8. The first-order valence-electron chi connectivity index (χ1n) is 7.32. The minimum atomic E-state index is 0.815. The lowest BCUT2D eigenvalue weighted by molar-refractivity contribution is 0.733. The van der Waals surface area contributed by atoms with Gasteiger partial charge in [0.15, 0.2) is 0 Å². The second-order valence-corrected chi connectivity index (χ2v) is 5.80. The molecule has 1 heterocycles. The molecule has 1 aromatic heterocycles. The van der Waals surface area contributed by atoms with Crippen molar-refractivity contribution in [1.82, 2.24) is 9.97 Å². The van der Waals surface area contributed by atoms with E-state index in [1.807, 2.05) is 30.3 Å². The minimum Gasteiger partial charge on any atom is -0.356 e. The highest BCUT2D eigenvalue weighted by molar-refractivity contribution is 9.10. The van der Waals surface area contributed by atoms with Crippen LogP contribution in [0.25, 0.3) is 0 Å². The molecule has 0 amide bonds. The van der Waals surface area contributed by atoms with Crippen LogP contribution in [0, 0.1) is 0 Å². The summed E-state index contributed by atoms with van der Waals surface area (Å²) in [6, 6.07) is 10.0. The first-order chi connectivity index (χ1) is 10.2. The Morgan fingerprint density at radius 3 is 2.52 bits per heavy atom. The van der Waals surface area contributed by atoms with Crippen LogP contribution >= 0.6 is 15.9 Å². The molecule has 0 aliphatic rings. The van der Waals surface area contributed by atoms with E-state index in [0.717, 1.165) is 47.7 Å². The molecule has 4 nitrogen and oxygen atoms in total. The normalized spacial score (nSPS) is 10.4. The Balaban J connectivity index is 2.16. The zero-order valence-electron chi connectivity index (χ0n) is 12.5. The molecule has 112 valence electrons. The van der Waals surface area contributed by atoms with Gasteiger partial charge in [0.2, 0.25) is 0 Å². The summed E-state index contributed by atoms with van der Waals surface area (Å²) < 4.78 is 1.04. The standard InChI is InChI=1S/C16H21BrN4/c1-3-8-21(9-4-2)16-11-15(18-12-19-16)20-14-7-5-6-13(17)10-14/h5-7,10-12H,3-4,8-9H2,1-2H3,(H,18,19,20). The molecule has 0 spiro atoms. The van der Waals surface area contributed by atoms with Crippen molar-refractivity contribution >= 4 is 33.3 Å². The van der Waals surface area contributed by atoms with Gasteiger partial charge in [-0.05, 0) is 31.0 Å². The average molecular weight is 349 g/mol. The van der Waals surface area contributed by atoms with Crippen molar-refractivity contribution in [1.29, 1.82) is 0 Å². The summed E-state index contributed by atoms with van der Waals surface area (Å²) in [6.07, 6.45) is 3.84. The Morgan fingerprint density at radius 2 is 1.86 bits per heavy atom. The van der Waals surface area contributed by atoms with E-state index in [1.54, 1.807) is 6.33 Å². The zero-order chi connectivity index (χ0) is 15.1. The van der Waals surface area contributed by atoms with E-state index in [1.165, 1.54) is 0 Å². The molecule has 1 aromatic carbocycles. The van der Waals surface area contributed by atoms with Gasteiger partial charge in [0.25, 0.3) is 0 Å². The van der Waals surface area contributed by atoms with Gasteiger partial charge < -0.3 is 10.2 Å². The van der Waals surface area contributed by atoms with Gasteiger partial charge in [-0.15, -0.1) is 0 Å². The molecule has 0 saturated carbocycles. The third kappa shape index (κ3) is 4.70. The molecule has 2 rings (SSSR count). The van der Waals surface area contributed by atoms with Gasteiger partial charge in [-0.25, -0.2) is 9.97 Å². The average Bonchev–Trinajstić information content (AvgIpc) is 2.47. The second kappa shape index (κ2) is 7.98. The molecule has 0 bridgehead atoms. The van der Waals surface area contributed by atoms with Crippen molar-refractivity contribution < 1.29 is 0 Å². The van der Waals surface area contributed by atoms with E-state index >= 15 is 0 Å². The minimum absolute atomic E-state index is 0.815. The Labute approximate surface area is 134 Å². The lowest BCUT2D eigenvalue weighted by atomic mass is 10.3. The van der Waals surface area contributed by atoms with Crippen LogP contribution in [0.5, 0.6) is 0 Å². The lowest BCUT2D eigenvalue weighted by Crippen LogP contribution is -2.25. The van der Waals surface area contributed by atoms with Gasteiger partial charge in [0.05, 0.1) is 0 Å². The third-order valence-electron chi connectivity index (χ3n) is 3.06. The van der Waals surface area contributed by atoms with Gasteiger partial charge in [0.1, 0.15) is 18.0 Å². The number of nitrogens with one attached hydrogen (secondary N) is 1. The number of nitrogens with zero attached hydrogens (tertiary/aromatic N) is 3. The predicted octanol–water partition coefficient (Wildman–Crippen LogP) is 4.61. The van der Waals surface area contributed by atoms with E-state index < -0.39 is 0 Å². The van der Waals surface area contributed by atoms with Gasteiger partial charge in [-0.2, -0.15) is 0 Å².